The van der Waals surface area contributed by atoms with E-state index in [4.69, 9.17) is 11.6 Å². The molecule has 142 valence electrons. The number of anilines is 1. The van der Waals surface area contributed by atoms with Gasteiger partial charge in [0.25, 0.3) is 5.91 Å². The van der Waals surface area contributed by atoms with Crippen molar-refractivity contribution in [3.63, 3.8) is 0 Å². The number of aromatic nitrogens is 1. The largest absolute Gasteiger partial charge is 0.383 e. The Morgan fingerprint density at radius 3 is 2.70 bits per heavy atom. The lowest BCUT2D eigenvalue weighted by Crippen LogP contribution is -2.25. The lowest BCUT2D eigenvalue weighted by atomic mass is 9.97. The number of allylic oxidation sites excluding steroid dienone is 1. The van der Waals surface area contributed by atoms with Gasteiger partial charge in [-0.3, -0.25) is 9.78 Å². The number of halogens is 1. The molecule has 1 heterocycles. The van der Waals surface area contributed by atoms with Gasteiger partial charge in [0.05, 0.1) is 11.3 Å². The molecular formula is C22H26ClN3O. The maximum Gasteiger partial charge on any atom is 0.252 e. The molecule has 0 fully saturated rings. The van der Waals surface area contributed by atoms with Gasteiger partial charge in [-0.25, -0.2) is 0 Å². The maximum atomic E-state index is 12.4. The Bertz CT molecular complexity index is 786. The first-order valence-corrected chi connectivity index (χ1v) is 9.98. The molecule has 2 aromatic rings. The maximum absolute atomic E-state index is 12.4. The van der Waals surface area contributed by atoms with E-state index in [2.05, 4.69) is 21.7 Å². The summed E-state index contributed by atoms with van der Waals surface area (Å²) >= 11 is 5.89. The van der Waals surface area contributed by atoms with Crippen LogP contribution in [0.4, 0.5) is 5.69 Å². The fraction of sp³-hybridized carbons (Fsp3) is 0.364. The van der Waals surface area contributed by atoms with Crippen molar-refractivity contribution >= 4 is 23.2 Å². The lowest BCUT2D eigenvalue weighted by Gasteiger charge is -2.13. The normalized spacial score (nSPS) is 13.7. The van der Waals surface area contributed by atoms with Crippen LogP contribution in [0, 0.1) is 0 Å². The highest BCUT2D eigenvalue weighted by molar-refractivity contribution is 6.30. The van der Waals surface area contributed by atoms with Crippen LogP contribution in [0.5, 0.6) is 0 Å². The van der Waals surface area contributed by atoms with Crippen molar-refractivity contribution < 1.29 is 4.79 Å². The van der Waals surface area contributed by atoms with Gasteiger partial charge in [0.2, 0.25) is 0 Å². The van der Waals surface area contributed by atoms with Crippen molar-refractivity contribution in [2.75, 3.05) is 18.4 Å². The fourth-order valence-corrected chi connectivity index (χ4v) is 3.36. The highest BCUT2D eigenvalue weighted by Gasteiger charge is 2.07. The summed E-state index contributed by atoms with van der Waals surface area (Å²) in [6.45, 7) is 1.45. The topological polar surface area (TPSA) is 54.0 Å². The van der Waals surface area contributed by atoms with E-state index in [1.165, 1.54) is 31.3 Å². The Morgan fingerprint density at radius 1 is 1.07 bits per heavy atom. The molecule has 3 rings (SSSR count). The molecule has 0 saturated carbocycles. The van der Waals surface area contributed by atoms with Crippen molar-refractivity contribution in [3.05, 3.63) is 70.5 Å². The van der Waals surface area contributed by atoms with Crippen molar-refractivity contribution in [1.29, 1.82) is 0 Å². The number of amides is 1. The summed E-state index contributed by atoms with van der Waals surface area (Å²) in [5, 5.41) is 7.05. The second-order valence-electron chi connectivity index (χ2n) is 6.88. The first-order chi connectivity index (χ1) is 13.2. The molecule has 1 amide bonds. The van der Waals surface area contributed by atoms with E-state index in [1.54, 1.807) is 12.4 Å². The minimum atomic E-state index is -0.102. The summed E-state index contributed by atoms with van der Waals surface area (Å²) in [6.07, 6.45) is 12.6. The molecular weight excluding hydrogens is 358 g/mol. The number of hydrogen-bond acceptors (Lipinski definition) is 3. The predicted molar refractivity (Wildman–Crippen MR) is 111 cm³/mol. The van der Waals surface area contributed by atoms with Gasteiger partial charge in [-0.15, -0.1) is 0 Å². The Hall–Kier alpha value is -2.33. The van der Waals surface area contributed by atoms with Gasteiger partial charge in [0, 0.05) is 30.5 Å². The number of rotatable bonds is 8. The second-order valence-corrected chi connectivity index (χ2v) is 7.32. The van der Waals surface area contributed by atoms with Crippen LogP contribution >= 0.6 is 11.6 Å². The van der Waals surface area contributed by atoms with Crippen molar-refractivity contribution in [3.8, 4) is 0 Å². The zero-order valence-electron chi connectivity index (χ0n) is 15.5. The third-order valence-corrected chi connectivity index (χ3v) is 5.03. The number of carbonyl (C=O) groups is 1. The Balaban J connectivity index is 1.44. The molecule has 1 aliphatic carbocycles. The van der Waals surface area contributed by atoms with Gasteiger partial charge in [0.15, 0.2) is 0 Å². The van der Waals surface area contributed by atoms with E-state index in [-0.39, 0.29) is 5.91 Å². The van der Waals surface area contributed by atoms with Gasteiger partial charge in [-0.2, -0.15) is 0 Å². The molecule has 4 nitrogen and oxygen atoms in total. The average molecular weight is 384 g/mol. The second kappa shape index (κ2) is 10.1. The predicted octanol–water partition coefficient (Wildman–Crippen LogP) is 5.01. The minimum Gasteiger partial charge on any atom is -0.383 e. The molecule has 0 aliphatic heterocycles. The first-order valence-electron chi connectivity index (χ1n) is 9.60. The highest BCUT2D eigenvalue weighted by atomic mass is 35.5. The average Bonchev–Trinajstić information content (AvgIpc) is 2.70. The molecule has 1 aliphatic rings. The third kappa shape index (κ3) is 6.40. The molecule has 0 atom stereocenters. The summed E-state index contributed by atoms with van der Waals surface area (Å²) in [5.74, 6) is -0.102. The van der Waals surface area contributed by atoms with Gasteiger partial charge >= 0.3 is 0 Å². The zero-order valence-corrected chi connectivity index (χ0v) is 16.3. The molecule has 0 spiro atoms. The Kier molecular flexibility index (Phi) is 7.28. The van der Waals surface area contributed by atoms with Crippen LogP contribution < -0.4 is 10.6 Å². The van der Waals surface area contributed by atoms with Gasteiger partial charge in [-0.05, 0) is 62.3 Å². The van der Waals surface area contributed by atoms with Crippen molar-refractivity contribution in [2.24, 2.45) is 0 Å². The van der Waals surface area contributed by atoms with Crippen LogP contribution in [0.15, 0.2) is 54.4 Å². The van der Waals surface area contributed by atoms with Gasteiger partial charge < -0.3 is 10.6 Å². The van der Waals surface area contributed by atoms with Crippen LogP contribution in [-0.4, -0.2) is 24.0 Å². The standard InChI is InChI=1S/C22H26ClN3O/c23-20-8-6-18(7-9-20)11-13-26-22(27)19-14-21(16-24-15-19)25-12-10-17-4-2-1-3-5-17/h4,6-9,14-16,25H,1-3,5,10-13H2,(H,26,27). The van der Waals surface area contributed by atoms with Gasteiger partial charge in [-0.1, -0.05) is 35.4 Å². The molecule has 0 saturated heterocycles. The number of hydrogen-bond donors (Lipinski definition) is 2. The number of benzene rings is 1. The van der Waals surface area contributed by atoms with E-state index in [0.29, 0.717) is 12.1 Å². The number of nitrogens with one attached hydrogen (secondary N) is 2. The molecule has 1 aromatic heterocycles. The molecule has 27 heavy (non-hydrogen) atoms. The minimum absolute atomic E-state index is 0.102. The first kappa shape index (κ1) is 19.4. The lowest BCUT2D eigenvalue weighted by molar-refractivity contribution is 0.0954. The van der Waals surface area contributed by atoms with Crippen LogP contribution in [0.3, 0.4) is 0 Å². The Morgan fingerprint density at radius 2 is 1.93 bits per heavy atom. The summed E-state index contributed by atoms with van der Waals surface area (Å²) in [6, 6.07) is 9.53. The monoisotopic (exact) mass is 383 g/mol. The van der Waals surface area contributed by atoms with E-state index >= 15 is 0 Å². The molecule has 1 aromatic carbocycles. The summed E-state index contributed by atoms with van der Waals surface area (Å²) < 4.78 is 0. The van der Waals surface area contributed by atoms with Crippen LogP contribution in [0.25, 0.3) is 0 Å². The zero-order chi connectivity index (χ0) is 18.9. The molecule has 0 bridgehead atoms. The summed E-state index contributed by atoms with van der Waals surface area (Å²) in [4.78, 5) is 16.5. The van der Waals surface area contributed by atoms with E-state index < -0.39 is 0 Å². The summed E-state index contributed by atoms with van der Waals surface area (Å²) in [7, 11) is 0. The van der Waals surface area contributed by atoms with E-state index in [1.807, 2.05) is 30.3 Å². The van der Waals surface area contributed by atoms with Crippen LogP contribution in [-0.2, 0) is 6.42 Å². The Labute approximate surface area is 166 Å². The number of nitrogens with zero attached hydrogens (tertiary/aromatic N) is 1. The number of carbonyl (C=O) groups excluding carboxylic acids is 1. The van der Waals surface area contributed by atoms with Gasteiger partial charge in [0.1, 0.15) is 0 Å². The molecule has 0 unspecified atom stereocenters. The van der Waals surface area contributed by atoms with Crippen molar-refractivity contribution in [2.45, 2.75) is 38.5 Å². The smallest absolute Gasteiger partial charge is 0.252 e. The van der Waals surface area contributed by atoms with E-state index in [0.717, 1.165) is 35.7 Å². The quantitative estimate of drug-likeness (QED) is 0.630. The highest BCUT2D eigenvalue weighted by Crippen LogP contribution is 2.20. The fourth-order valence-electron chi connectivity index (χ4n) is 3.23. The molecule has 0 radical (unpaired) electrons. The van der Waals surface area contributed by atoms with Crippen molar-refractivity contribution in [1.82, 2.24) is 10.3 Å². The summed E-state index contributed by atoms with van der Waals surface area (Å²) in [5.41, 5.74) is 4.15. The molecule has 5 heteroatoms. The van der Waals surface area contributed by atoms with Crippen LogP contribution in [0.2, 0.25) is 5.02 Å². The van der Waals surface area contributed by atoms with Crippen LogP contribution in [0.1, 0.15) is 48.0 Å². The third-order valence-electron chi connectivity index (χ3n) is 4.77. The molecule has 2 N–H and O–H groups in total. The van der Waals surface area contributed by atoms with E-state index in [9.17, 15) is 4.79 Å². The SMILES string of the molecule is O=C(NCCc1ccc(Cl)cc1)c1cncc(NCCC2=CCCCC2)c1. The number of pyridine rings is 1.